The quantitative estimate of drug-likeness (QED) is 0.540. The van der Waals surface area contributed by atoms with Gasteiger partial charge in [-0.15, -0.1) is 0 Å². The van der Waals surface area contributed by atoms with Gasteiger partial charge in [0.05, 0.1) is 0 Å². The van der Waals surface area contributed by atoms with Crippen LogP contribution >= 0.6 is 0 Å². The SMILES string of the molecule is O=C(Nc1c(-c2ccc(F)cc2)nc2ccccn12)c1cc(N2CCCCC2)ncn1. The molecular weight excluding hydrogens is 395 g/mol. The van der Waals surface area contributed by atoms with E-state index in [-0.39, 0.29) is 17.4 Å². The van der Waals surface area contributed by atoms with E-state index in [1.807, 2.05) is 24.4 Å². The fourth-order valence-electron chi connectivity index (χ4n) is 3.86. The maximum absolute atomic E-state index is 13.4. The number of carbonyl (C=O) groups excluding carboxylic acids is 1. The van der Waals surface area contributed by atoms with Gasteiger partial charge in [0.15, 0.2) is 0 Å². The van der Waals surface area contributed by atoms with Gasteiger partial charge in [0.2, 0.25) is 0 Å². The van der Waals surface area contributed by atoms with Crippen LogP contribution in [0.25, 0.3) is 16.9 Å². The first-order valence-corrected chi connectivity index (χ1v) is 10.3. The topological polar surface area (TPSA) is 75.4 Å². The van der Waals surface area contributed by atoms with Crippen molar-refractivity contribution in [3.63, 3.8) is 0 Å². The number of pyridine rings is 1. The molecule has 1 amide bonds. The van der Waals surface area contributed by atoms with Crippen molar-refractivity contribution < 1.29 is 9.18 Å². The van der Waals surface area contributed by atoms with E-state index in [2.05, 4.69) is 25.2 Å². The van der Waals surface area contributed by atoms with Crippen LogP contribution in [0.4, 0.5) is 16.0 Å². The molecule has 0 atom stereocenters. The lowest BCUT2D eigenvalue weighted by molar-refractivity contribution is 0.102. The van der Waals surface area contributed by atoms with Gasteiger partial charge in [0, 0.05) is 30.9 Å². The lowest BCUT2D eigenvalue weighted by Crippen LogP contribution is -2.30. The number of fused-ring (bicyclic) bond motifs is 1. The maximum Gasteiger partial charge on any atom is 0.275 e. The molecule has 31 heavy (non-hydrogen) atoms. The van der Waals surface area contributed by atoms with Crippen molar-refractivity contribution in [2.75, 3.05) is 23.3 Å². The molecule has 1 aliphatic heterocycles. The van der Waals surface area contributed by atoms with Gasteiger partial charge in [-0.25, -0.2) is 19.3 Å². The van der Waals surface area contributed by atoms with E-state index < -0.39 is 0 Å². The number of nitrogens with one attached hydrogen (secondary N) is 1. The minimum atomic E-state index is -0.352. The molecule has 1 fully saturated rings. The van der Waals surface area contributed by atoms with Crippen molar-refractivity contribution in [1.82, 2.24) is 19.4 Å². The smallest absolute Gasteiger partial charge is 0.275 e. The van der Waals surface area contributed by atoms with Crippen LogP contribution < -0.4 is 10.2 Å². The average molecular weight is 416 g/mol. The van der Waals surface area contributed by atoms with Crippen molar-refractivity contribution in [2.45, 2.75) is 19.3 Å². The van der Waals surface area contributed by atoms with Gasteiger partial charge in [0.25, 0.3) is 5.91 Å². The molecule has 5 rings (SSSR count). The molecule has 8 heteroatoms. The van der Waals surface area contributed by atoms with Crippen molar-refractivity contribution in [1.29, 1.82) is 0 Å². The molecule has 0 saturated carbocycles. The second-order valence-electron chi connectivity index (χ2n) is 7.51. The normalized spacial score (nSPS) is 14.0. The first-order valence-electron chi connectivity index (χ1n) is 10.3. The monoisotopic (exact) mass is 416 g/mol. The molecule has 1 N–H and O–H groups in total. The zero-order chi connectivity index (χ0) is 21.2. The molecule has 0 unspecified atom stereocenters. The highest BCUT2D eigenvalue weighted by atomic mass is 19.1. The highest BCUT2D eigenvalue weighted by Crippen LogP contribution is 2.29. The summed E-state index contributed by atoms with van der Waals surface area (Å²) in [6.45, 7) is 1.86. The van der Waals surface area contributed by atoms with Crippen LogP contribution in [0.3, 0.4) is 0 Å². The number of rotatable bonds is 4. The number of nitrogens with zero attached hydrogens (tertiary/aromatic N) is 5. The Bertz CT molecular complexity index is 1230. The minimum absolute atomic E-state index is 0.284. The molecule has 0 aliphatic carbocycles. The Hall–Kier alpha value is -3.81. The Morgan fingerprint density at radius 2 is 1.81 bits per heavy atom. The van der Waals surface area contributed by atoms with Gasteiger partial charge in [-0.1, -0.05) is 6.07 Å². The van der Waals surface area contributed by atoms with Crippen LogP contribution in [0.5, 0.6) is 0 Å². The van der Waals surface area contributed by atoms with E-state index in [0.29, 0.717) is 22.7 Å². The summed E-state index contributed by atoms with van der Waals surface area (Å²) >= 11 is 0. The Labute approximate surface area is 178 Å². The average Bonchev–Trinajstić information content (AvgIpc) is 3.18. The summed E-state index contributed by atoms with van der Waals surface area (Å²) in [5, 5.41) is 2.95. The number of hydrogen-bond donors (Lipinski definition) is 1. The minimum Gasteiger partial charge on any atom is -0.357 e. The third-order valence-corrected chi connectivity index (χ3v) is 5.44. The van der Waals surface area contributed by atoms with E-state index in [1.165, 1.54) is 24.9 Å². The molecule has 0 radical (unpaired) electrons. The van der Waals surface area contributed by atoms with Crippen molar-refractivity contribution in [2.24, 2.45) is 0 Å². The number of amides is 1. The molecule has 0 spiro atoms. The van der Waals surface area contributed by atoms with Gasteiger partial charge in [-0.3, -0.25) is 9.20 Å². The van der Waals surface area contributed by atoms with Crippen LogP contribution in [0.15, 0.2) is 61.1 Å². The summed E-state index contributed by atoms with van der Waals surface area (Å²) in [6, 6.07) is 13.3. The van der Waals surface area contributed by atoms with Gasteiger partial charge in [-0.05, 0) is 55.7 Å². The number of hydrogen-bond acceptors (Lipinski definition) is 5. The maximum atomic E-state index is 13.4. The number of aromatic nitrogens is 4. The fraction of sp³-hybridized carbons (Fsp3) is 0.217. The Morgan fingerprint density at radius 1 is 1.00 bits per heavy atom. The van der Waals surface area contributed by atoms with E-state index >= 15 is 0 Å². The third kappa shape index (κ3) is 3.84. The summed E-state index contributed by atoms with van der Waals surface area (Å²) < 4.78 is 15.2. The summed E-state index contributed by atoms with van der Waals surface area (Å²) in [6.07, 6.45) is 6.70. The molecule has 1 saturated heterocycles. The Morgan fingerprint density at radius 3 is 2.61 bits per heavy atom. The van der Waals surface area contributed by atoms with Crippen molar-refractivity contribution in [3.8, 4) is 11.3 Å². The van der Waals surface area contributed by atoms with Gasteiger partial charge in [0.1, 0.15) is 40.8 Å². The highest BCUT2D eigenvalue weighted by molar-refractivity contribution is 6.04. The second-order valence-corrected chi connectivity index (χ2v) is 7.51. The largest absolute Gasteiger partial charge is 0.357 e. The number of carbonyl (C=O) groups is 1. The molecule has 1 aromatic carbocycles. The summed E-state index contributed by atoms with van der Waals surface area (Å²) in [5.74, 6) is 0.584. The summed E-state index contributed by atoms with van der Waals surface area (Å²) in [4.78, 5) is 28.5. The van der Waals surface area contributed by atoms with Gasteiger partial charge < -0.3 is 10.2 Å². The van der Waals surface area contributed by atoms with E-state index in [0.717, 1.165) is 31.7 Å². The van der Waals surface area contributed by atoms with Crippen LogP contribution in [-0.4, -0.2) is 38.3 Å². The molecule has 1 aliphatic rings. The summed E-state index contributed by atoms with van der Waals surface area (Å²) in [7, 11) is 0. The van der Waals surface area contributed by atoms with Crippen LogP contribution in [0.2, 0.25) is 0 Å². The molecule has 4 heterocycles. The van der Waals surface area contributed by atoms with Gasteiger partial charge >= 0.3 is 0 Å². The third-order valence-electron chi connectivity index (χ3n) is 5.44. The van der Waals surface area contributed by atoms with Gasteiger partial charge in [-0.2, -0.15) is 0 Å². The first-order chi connectivity index (χ1) is 15.2. The lowest BCUT2D eigenvalue weighted by Gasteiger charge is -2.27. The first kappa shape index (κ1) is 19.2. The molecule has 3 aromatic heterocycles. The van der Waals surface area contributed by atoms with Crippen LogP contribution in [-0.2, 0) is 0 Å². The fourth-order valence-corrected chi connectivity index (χ4v) is 3.86. The molecule has 0 bridgehead atoms. The summed E-state index contributed by atoms with van der Waals surface area (Å²) in [5.41, 5.74) is 2.22. The molecule has 156 valence electrons. The Kier molecular flexibility index (Phi) is 5.03. The predicted octanol–water partition coefficient (Wildman–Crippen LogP) is 4.17. The van der Waals surface area contributed by atoms with E-state index in [4.69, 9.17) is 0 Å². The lowest BCUT2D eigenvalue weighted by atomic mass is 10.1. The number of piperidine rings is 1. The number of halogens is 1. The zero-order valence-electron chi connectivity index (χ0n) is 16.8. The van der Waals surface area contributed by atoms with E-state index in [1.54, 1.807) is 22.6 Å². The van der Waals surface area contributed by atoms with Crippen LogP contribution in [0, 0.1) is 5.82 Å². The Balaban J connectivity index is 1.49. The van der Waals surface area contributed by atoms with Crippen molar-refractivity contribution >= 4 is 23.2 Å². The second kappa shape index (κ2) is 8.14. The van der Waals surface area contributed by atoms with Crippen molar-refractivity contribution in [3.05, 3.63) is 72.6 Å². The predicted molar refractivity (Wildman–Crippen MR) is 117 cm³/mol. The van der Waals surface area contributed by atoms with E-state index in [9.17, 15) is 9.18 Å². The standard InChI is InChI=1S/C23H21FN6O/c24-17-9-7-16(8-10-17)21-22(30-13-5-2-6-19(30)27-21)28-23(31)18-14-20(26-15-25-18)29-11-3-1-4-12-29/h2,5-10,13-15H,1,3-4,11-12H2,(H,28,31). The molecular formula is C23H21FN6O. The van der Waals surface area contributed by atoms with Crippen LogP contribution in [0.1, 0.15) is 29.8 Å². The number of anilines is 2. The number of imidazole rings is 1. The number of benzene rings is 1. The molecule has 7 nitrogen and oxygen atoms in total. The molecule has 4 aromatic rings. The zero-order valence-corrected chi connectivity index (χ0v) is 16.8. The highest BCUT2D eigenvalue weighted by Gasteiger charge is 2.20.